The summed E-state index contributed by atoms with van der Waals surface area (Å²) in [7, 11) is 0. The molecule has 2 aromatic rings. The third kappa shape index (κ3) is 4.33. The molecule has 0 unspecified atom stereocenters. The van der Waals surface area contributed by atoms with Crippen LogP contribution in [0.4, 0.5) is 23.7 Å². The molecule has 3 rings (SSSR count). The Hall–Kier alpha value is -2.48. The Morgan fingerprint density at radius 1 is 1.24 bits per heavy atom. The van der Waals surface area contributed by atoms with E-state index >= 15 is 0 Å². The predicted molar refractivity (Wildman–Crippen MR) is 85.7 cm³/mol. The van der Waals surface area contributed by atoms with Crippen molar-refractivity contribution in [2.75, 3.05) is 18.4 Å². The lowest BCUT2D eigenvalue weighted by molar-refractivity contribution is -0.141. The largest absolute Gasteiger partial charge is 0.471 e. The number of halogens is 4. The summed E-state index contributed by atoms with van der Waals surface area (Å²) in [4.78, 5) is 16.9. The fraction of sp³-hybridized carbons (Fsp3) is 0.250. The van der Waals surface area contributed by atoms with Crippen LogP contribution in [-0.4, -0.2) is 35.1 Å². The van der Waals surface area contributed by atoms with Gasteiger partial charge in [0.2, 0.25) is 5.88 Å². The van der Waals surface area contributed by atoms with E-state index in [1.54, 1.807) is 24.3 Å². The highest BCUT2D eigenvalue weighted by atomic mass is 35.5. The molecular formula is C16H13ClF3N3O2. The monoisotopic (exact) mass is 371 g/mol. The molecule has 132 valence electrons. The summed E-state index contributed by atoms with van der Waals surface area (Å²) in [6, 6.07) is 9.82. The number of amides is 2. The molecule has 2 heterocycles. The van der Waals surface area contributed by atoms with E-state index in [9.17, 15) is 18.0 Å². The topological polar surface area (TPSA) is 54.5 Å². The van der Waals surface area contributed by atoms with E-state index in [4.69, 9.17) is 16.3 Å². The molecule has 0 saturated carbocycles. The van der Waals surface area contributed by atoms with Crippen LogP contribution in [-0.2, 0) is 6.18 Å². The van der Waals surface area contributed by atoms with Crippen molar-refractivity contribution in [3.8, 4) is 5.88 Å². The van der Waals surface area contributed by atoms with Crippen LogP contribution in [0.3, 0.4) is 0 Å². The minimum atomic E-state index is -4.53. The number of hydrogen-bond acceptors (Lipinski definition) is 3. The van der Waals surface area contributed by atoms with Gasteiger partial charge in [0.15, 0.2) is 0 Å². The molecule has 25 heavy (non-hydrogen) atoms. The third-order valence-electron chi connectivity index (χ3n) is 3.51. The molecule has 0 aliphatic carbocycles. The second kappa shape index (κ2) is 6.79. The quantitative estimate of drug-likeness (QED) is 0.885. The maximum absolute atomic E-state index is 12.6. The Bertz CT molecular complexity index is 779. The summed E-state index contributed by atoms with van der Waals surface area (Å²) < 4.78 is 43.2. The number of likely N-dealkylation sites (tertiary alicyclic amines) is 1. The number of anilines is 1. The number of alkyl halides is 3. The lowest BCUT2D eigenvalue weighted by Gasteiger charge is -2.38. The van der Waals surface area contributed by atoms with Gasteiger partial charge in [-0.25, -0.2) is 9.78 Å². The number of carbonyl (C=O) groups excluding carboxylic acids is 1. The first-order valence-electron chi connectivity index (χ1n) is 7.34. The number of hydrogen-bond donors (Lipinski definition) is 1. The van der Waals surface area contributed by atoms with Crippen molar-refractivity contribution in [2.45, 2.75) is 12.3 Å². The molecule has 1 N–H and O–H groups in total. The molecule has 5 nitrogen and oxygen atoms in total. The SMILES string of the molecule is O=C(Nc1cccc(Cl)c1)N1CC(Oc2cccc(C(F)(F)F)n2)C1. The Morgan fingerprint density at radius 2 is 1.96 bits per heavy atom. The van der Waals surface area contributed by atoms with Gasteiger partial charge in [-0.3, -0.25) is 0 Å². The second-order valence-corrected chi connectivity index (χ2v) is 5.88. The number of aromatic nitrogens is 1. The van der Waals surface area contributed by atoms with Crippen molar-refractivity contribution in [1.29, 1.82) is 0 Å². The molecule has 0 spiro atoms. The van der Waals surface area contributed by atoms with Crippen molar-refractivity contribution >= 4 is 23.3 Å². The van der Waals surface area contributed by atoms with Gasteiger partial charge in [-0.05, 0) is 24.3 Å². The smallest absolute Gasteiger partial charge is 0.433 e. The van der Waals surface area contributed by atoms with Gasteiger partial charge in [0.1, 0.15) is 11.8 Å². The number of ether oxygens (including phenoxy) is 1. The number of nitrogens with one attached hydrogen (secondary N) is 1. The summed E-state index contributed by atoms with van der Waals surface area (Å²) in [5.74, 6) is -0.116. The first-order valence-corrected chi connectivity index (χ1v) is 7.71. The molecule has 0 radical (unpaired) electrons. The molecule has 0 bridgehead atoms. The first kappa shape index (κ1) is 17.3. The fourth-order valence-electron chi connectivity index (χ4n) is 2.26. The van der Waals surface area contributed by atoms with Crippen LogP contribution in [0, 0.1) is 0 Å². The Kier molecular flexibility index (Phi) is 4.71. The van der Waals surface area contributed by atoms with Gasteiger partial charge >= 0.3 is 12.2 Å². The summed E-state index contributed by atoms with van der Waals surface area (Å²) in [6.07, 6.45) is -4.93. The normalized spacial score (nSPS) is 14.8. The van der Waals surface area contributed by atoms with Crippen molar-refractivity contribution < 1.29 is 22.7 Å². The number of carbonyl (C=O) groups is 1. The molecule has 1 aromatic carbocycles. The molecule has 1 fully saturated rings. The summed E-state index contributed by atoms with van der Waals surface area (Å²) in [5, 5.41) is 3.18. The van der Waals surface area contributed by atoms with Crippen LogP contribution < -0.4 is 10.1 Å². The average Bonchev–Trinajstić information content (AvgIpc) is 2.50. The number of nitrogens with zero attached hydrogens (tertiary/aromatic N) is 2. The average molecular weight is 372 g/mol. The number of rotatable bonds is 3. The third-order valence-corrected chi connectivity index (χ3v) is 3.75. The molecule has 1 saturated heterocycles. The van der Waals surface area contributed by atoms with E-state index in [-0.39, 0.29) is 25.0 Å². The summed E-state index contributed by atoms with van der Waals surface area (Å²) >= 11 is 5.84. The number of urea groups is 1. The lowest BCUT2D eigenvalue weighted by atomic mass is 10.2. The summed E-state index contributed by atoms with van der Waals surface area (Å²) in [6.45, 7) is 0.509. The highest BCUT2D eigenvalue weighted by Crippen LogP contribution is 2.29. The Morgan fingerprint density at radius 3 is 2.64 bits per heavy atom. The molecule has 9 heteroatoms. The van der Waals surface area contributed by atoms with Gasteiger partial charge in [0, 0.05) is 16.8 Å². The maximum atomic E-state index is 12.6. The fourth-order valence-corrected chi connectivity index (χ4v) is 2.45. The van der Waals surface area contributed by atoms with E-state index < -0.39 is 18.0 Å². The second-order valence-electron chi connectivity index (χ2n) is 5.44. The van der Waals surface area contributed by atoms with Gasteiger partial charge < -0.3 is 15.0 Å². The minimum Gasteiger partial charge on any atom is -0.471 e. The number of benzene rings is 1. The predicted octanol–water partition coefficient (Wildman–Crippen LogP) is 4.05. The molecular weight excluding hydrogens is 359 g/mol. The zero-order valence-electron chi connectivity index (χ0n) is 12.8. The van der Waals surface area contributed by atoms with E-state index in [0.717, 1.165) is 6.07 Å². The van der Waals surface area contributed by atoms with Crippen LogP contribution in [0.25, 0.3) is 0 Å². The van der Waals surface area contributed by atoms with Crippen LogP contribution in [0.1, 0.15) is 5.69 Å². The highest BCUT2D eigenvalue weighted by molar-refractivity contribution is 6.30. The van der Waals surface area contributed by atoms with E-state index in [1.807, 2.05) is 0 Å². The zero-order valence-corrected chi connectivity index (χ0v) is 13.5. The van der Waals surface area contributed by atoms with Crippen molar-refractivity contribution in [2.24, 2.45) is 0 Å². The van der Waals surface area contributed by atoms with E-state index in [1.165, 1.54) is 17.0 Å². The molecule has 2 amide bonds. The molecule has 1 aliphatic heterocycles. The van der Waals surface area contributed by atoms with Crippen LogP contribution >= 0.6 is 11.6 Å². The molecule has 1 aliphatic rings. The number of pyridine rings is 1. The molecule has 1 aromatic heterocycles. The zero-order chi connectivity index (χ0) is 18.0. The van der Waals surface area contributed by atoms with Crippen LogP contribution in [0.15, 0.2) is 42.5 Å². The van der Waals surface area contributed by atoms with Gasteiger partial charge in [0.25, 0.3) is 0 Å². The van der Waals surface area contributed by atoms with E-state index in [0.29, 0.717) is 10.7 Å². The summed E-state index contributed by atoms with van der Waals surface area (Å²) in [5.41, 5.74) is -0.457. The molecule has 0 atom stereocenters. The van der Waals surface area contributed by atoms with Crippen molar-refractivity contribution in [3.05, 3.63) is 53.2 Å². The van der Waals surface area contributed by atoms with Gasteiger partial charge in [-0.2, -0.15) is 13.2 Å². The van der Waals surface area contributed by atoms with Gasteiger partial charge in [-0.15, -0.1) is 0 Å². The van der Waals surface area contributed by atoms with Crippen LogP contribution in [0.5, 0.6) is 5.88 Å². The van der Waals surface area contributed by atoms with Gasteiger partial charge in [-0.1, -0.05) is 23.7 Å². The maximum Gasteiger partial charge on any atom is 0.433 e. The minimum absolute atomic E-state index is 0.116. The van der Waals surface area contributed by atoms with Crippen LogP contribution in [0.2, 0.25) is 5.02 Å². The van der Waals surface area contributed by atoms with Crippen molar-refractivity contribution in [1.82, 2.24) is 9.88 Å². The highest BCUT2D eigenvalue weighted by Gasteiger charge is 2.35. The Balaban J connectivity index is 1.52. The van der Waals surface area contributed by atoms with Gasteiger partial charge in [0.05, 0.1) is 13.1 Å². The Labute approximate surface area is 146 Å². The van der Waals surface area contributed by atoms with Crippen molar-refractivity contribution in [3.63, 3.8) is 0 Å². The standard InChI is InChI=1S/C16H13ClF3N3O2/c17-10-3-1-4-11(7-10)21-15(24)23-8-12(9-23)25-14-6-2-5-13(22-14)16(18,19)20/h1-7,12H,8-9H2,(H,21,24). The lowest BCUT2D eigenvalue weighted by Crippen LogP contribution is -2.57. The van der Waals surface area contributed by atoms with E-state index in [2.05, 4.69) is 10.3 Å². The first-order chi connectivity index (χ1) is 11.8.